The Morgan fingerprint density at radius 2 is 1.50 bits per heavy atom. The summed E-state index contributed by atoms with van der Waals surface area (Å²) in [6, 6.07) is 17.0. The van der Waals surface area contributed by atoms with Crippen molar-refractivity contribution in [1.82, 2.24) is 0 Å². The first-order valence-corrected chi connectivity index (χ1v) is 10.3. The van der Waals surface area contributed by atoms with Crippen molar-refractivity contribution >= 4 is 22.4 Å². The minimum Gasteiger partial charge on any atom is -0.496 e. The van der Waals surface area contributed by atoms with Crippen LogP contribution in [0.25, 0.3) is 10.8 Å². The fourth-order valence-electron chi connectivity index (χ4n) is 3.76. The van der Waals surface area contributed by atoms with Crippen LogP contribution in [0.15, 0.2) is 54.6 Å². The van der Waals surface area contributed by atoms with Crippen molar-refractivity contribution in [2.45, 2.75) is 13.2 Å². The molecule has 1 fully saturated rings. The lowest BCUT2D eigenvalue weighted by Gasteiger charge is -2.36. The molecule has 0 aromatic heterocycles. The first-order chi connectivity index (χ1) is 15.5. The van der Waals surface area contributed by atoms with Gasteiger partial charge in [-0.15, -0.1) is 0 Å². The van der Waals surface area contributed by atoms with Gasteiger partial charge in [0.2, 0.25) is 5.91 Å². The zero-order valence-electron chi connectivity index (χ0n) is 18.6. The van der Waals surface area contributed by atoms with Gasteiger partial charge in [-0.05, 0) is 31.2 Å². The molecule has 0 spiro atoms. The van der Waals surface area contributed by atoms with Crippen LogP contribution in [0.1, 0.15) is 18.8 Å². The summed E-state index contributed by atoms with van der Waals surface area (Å²) in [6.07, 6.45) is -0.586. The highest BCUT2D eigenvalue weighted by molar-refractivity contribution is 6.05. The highest BCUT2D eigenvalue weighted by atomic mass is 16.7. The van der Waals surface area contributed by atoms with E-state index in [-0.39, 0.29) is 19.1 Å². The maximum Gasteiger partial charge on any atom is 0.235 e. The smallest absolute Gasteiger partial charge is 0.235 e. The molecule has 0 bridgehead atoms. The van der Waals surface area contributed by atoms with Crippen LogP contribution in [0.5, 0.6) is 17.2 Å². The van der Waals surface area contributed by atoms with Gasteiger partial charge in [-0.3, -0.25) is 4.79 Å². The van der Waals surface area contributed by atoms with Crippen molar-refractivity contribution < 1.29 is 28.5 Å². The highest BCUT2D eigenvalue weighted by Gasteiger charge is 2.40. The van der Waals surface area contributed by atoms with Gasteiger partial charge in [-0.2, -0.15) is 0 Å². The molecule has 0 saturated carbocycles. The first kappa shape index (κ1) is 21.9. The molecule has 3 aromatic carbocycles. The van der Waals surface area contributed by atoms with Crippen molar-refractivity contribution in [3.8, 4) is 17.2 Å². The van der Waals surface area contributed by atoms with Gasteiger partial charge in [-0.1, -0.05) is 30.3 Å². The molecule has 7 nitrogen and oxygen atoms in total. The minimum atomic E-state index is -0.839. The molecule has 1 N–H and O–H groups in total. The van der Waals surface area contributed by atoms with E-state index in [4.69, 9.17) is 23.7 Å². The van der Waals surface area contributed by atoms with Crippen LogP contribution in [0.3, 0.4) is 0 Å². The van der Waals surface area contributed by atoms with E-state index in [1.807, 2.05) is 55.5 Å². The molecule has 7 heteroatoms. The number of methoxy groups -OCH3 is 3. The van der Waals surface area contributed by atoms with Gasteiger partial charge in [0.1, 0.15) is 5.75 Å². The van der Waals surface area contributed by atoms with E-state index in [1.54, 1.807) is 27.4 Å². The standard InChI is InChI=1S/C25H27NO6/c1-25(14-31-23(32-15-25)16-9-11-21(29-3)22(13-16)30-4)24(27)26-19-10-12-20(28-2)18-8-6-5-7-17(18)19/h5-13,23H,14-15H2,1-4H3,(H,26,27). The SMILES string of the molecule is COc1ccc(C2OCC(C)(C(=O)Nc3ccc(OC)c4ccccc34)CO2)cc1OC. The molecular weight excluding hydrogens is 410 g/mol. The van der Waals surface area contributed by atoms with Crippen LogP contribution >= 0.6 is 0 Å². The number of rotatable bonds is 6. The van der Waals surface area contributed by atoms with E-state index in [1.165, 1.54) is 0 Å². The predicted molar refractivity (Wildman–Crippen MR) is 121 cm³/mol. The number of fused-ring (bicyclic) bond motifs is 1. The second kappa shape index (κ2) is 9.06. The van der Waals surface area contributed by atoms with Crippen molar-refractivity contribution in [1.29, 1.82) is 0 Å². The van der Waals surface area contributed by atoms with Crippen molar-refractivity contribution in [3.63, 3.8) is 0 Å². The summed E-state index contributed by atoms with van der Waals surface area (Å²) >= 11 is 0. The van der Waals surface area contributed by atoms with Crippen molar-refractivity contribution in [2.75, 3.05) is 39.9 Å². The van der Waals surface area contributed by atoms with E-state index >= 15 is 0 Å². The number of ether oxygens (including phenoxy) is 5. The van der Waals surface area contributed by atoms with Crippen LogP contribution in [0.4, 0.5) is 5.69 Å². The van der Waals surface area contributed by atoms with Crippen LogP contribution in [-0.2, 0) is 14.3 Å². The van der Waals surface area contributed by atoms with Gasteiger partial charge in [-0.25, -0.2) is 0 Å². The molecule has 1 saturated heterocycles. The molecule has 0 atom stereocenters. The third-order valence-corrected chi connectivity index (χ3v) is 5.69. The van der Waals surface area contributed by atoms with E-state index in [2.05, 4.69) is 5.32 Å². The molecule has 1 aliphatic rings. The molecule has 0 radical (unpaired) electrons. The summed E-state index contributed by atoms with van der Waals surface area (Å²) in [7, 11) is 4.79. The lowest BCUT2D eigenvalue weighted by atomic mass is 9.90. The average Bonchev–Trinajstić information content (AvgIpc) is 2.84. The maximum absolute atomic E-state index is 13.2. The Bertz CT molecular complexity index is 1120. The lowest BCUT2D eigenvalue weighted by molar-refractivity contribution is -0.226. The normalized spacial score (nSPS) is 20.6. The Labute approximate surface area is 187 Å². The molecule has 0 aliphatic carbocycles. The van der Waals surface area contributed by atoms with Crippen molar-refractivity contribution in [3.05, 3.63) is 60.2 Å². The first-order valence-electron chi connectivity index (χ1n) is 10.3. The highest BCUT2D eigenvalue weighted by Crippen LogP contribution is 2.37. The number of benzene rings is 3. The van der Waals surface area contributed by atoms with E-state index < -0.39 is 11.7 Å². The van der Waals surface area contributed by atoms with Crippen molar-refractivity contribution in [2.24, 2.45) is 5.41 Å². The maximum atomic E-state index is 13.2. The number of amides is 1. The Morgan fingerprint density at radius 1 is 0.875 bits per heavy atom. The van der Waals surface area contributed by atoms with Crippen LogP contribution < -0.4 is 19.5 Å². The second-order valence-corrected chi connectivity index (χ2v) is 7.94. The summed E-state index contributed by atoms with van der Waals surface area (Å²) in [5.41, 5.74) is 0.676. The fraction of sp³-hybridized carbons (Fsp3) is 0.320. The topological polar surface area (TPSA) is 75.3 Å². The molecule has 32 heavy (non-hydrogen) atoms. The lowest BCUT2D eigenvalue weighted by Crippen LogP contribution is -2.45. The van der Waals surface area contributed by atoms with Crippen LogP contribution in [0, 0.1) is 5.41 Å². The number of hydrogen-bond acceptors (Lipinski definition) is 6. The third-order valence-electron chi connectivity index (χ3n) is 5.69. The van der Waals surface area contributed by atoms with E-state index in [0.29, 0.717) is 11.5 Å². The minimum absolute atomic E-state index is 0.168. The molecule has 168 valence electrons. The third kappa shape index (κ3) is 4.09. The summed E-state index contributed by atoms with van der Waals surface area (Å²) in [5, 5.41) is 4.88. The second-order valence-electron chi connectivity index (χ2n) is 7.94. The zero-order valence-corrected chi connectivity index (χ0v) is 18.6. The predicted octanol–water partition coefficient (Wildman–Crippen LogP) is 4.56. The van der Waals surface area contributed by atoms with Gasteiger partial charge in [0.15, 0.2) is 17.8 Å². The number of nitrogens with one attached hydrogen (secondary N) is 1. The summed E-state index contributed by atoms with van der Waals surface area (Å²) in [6.45, 7) is 2.26. The molecule has 0 unspecified atom stereocenters. The van der Waals surface area contributed by atoms with Gasteiger partial charge in [0.25, 0.3) is 0 Å². The summed E-state index contributed by atoms with van der Waals surface area (Å²) in [4.78, 5) is 13.2. The Kier molecular flexibility index (Phi) is 6.21. The van der Waals surface area contributed by atoms with Gasteiger partial charge in [0, 0.05) is 22.0 Å². The number of anilines is 1. The van der Waals surface area contributed by atoms with Crippen LogP contribution in [-0.4, -0.2) is 40.5 Å². The van der Waals surface area contributed by atoms with Crippen LogP contribution in [0.2, 0.25) is 0 Å². The quantitative estimate of drug-likeness (QED) is 0.610. The van der Waals surface area contributed by atoms with Gasteiger partial charge >= 0.3 is 0 Å². The molecule has 1 amide bonds. The molecule has 1 aliphatic heterocycles. The van der Waals surface area contributed by atoms with E-state index in [0.717, 1.165) is 27.8 Å². The Balaban J connectivity index is 1.48. The zero-order chi connectivity index (χ0) is 22.7. The molecular formula is C25H27NO6. The number of hydrogen-bond donors (Lipinski definition) is 1. The number of carbonyl (C=O) groups is 1. The molecule has 4 rings (SSSR count). The van der Waals surface area contributed by atoms with E-state index in [9.17, 15) is 4.79 Å². The Morgan fingerprint density at radius 3 is 2.16 bits per heavy atom. The number of carbonyl (C=O) groups excluding carboxylic acids is 1. The molecule has 3 aromatic rings. The summed E-state index contributed by atoms with van der Waals surface area (Å²) < 4.78 is 27.9. The molecule has 1 heterocycles. The fourth-order valence-corrected chi connectivity index (χ4v) is 3.76. The monoisotopic (exact) mass is 437 g/mol. The summed E-state index contributed by atoms with van der Waals surface area (Å²) in [5.74, 6) is 1.81. The van der Waals surface area contributed by atoms with Gasteiger partial charge in [0.05, 0.1) is 40.0 Å². The van der Waals surface area contributed by atoms with Gasteiger partial charge < -0.3 is 29.0 Å². The average molecular weight is 437 g/mol. The Hall–Kier alpha value is -3.29. The largest absolute Gasteiger partial charge is 0.496 e.